The van der Waals surface area contributed by atoms with Crippen LogP contribution in [0.3, 0.4) is 0 Å². The highest BCUT2D eigenvalue weighted by atomic mass is 16.5. The van der Waals surface area contributed by atoms with E-state index in [2.05, 4.69) is 4.98 Å². The molecule has 0 saturated heterocycles. The molecule has 18 heavy (non-hydrogen) atoms. The normalized spacial score (nSPS) is 16.0. The number of aliphatic hydroxyl groups excluding tert-OH is 1. The molecule has 6 heteroatoms. The predicted octanol–water partition coefficient (Wildman–Crippen LogP) is 0.0750. The maximum Gasteiger partial charge on any atom is 0.263 e. The molecule has 0 bridgehead atoms. The van der Waals surface area contributed by atoms with Crippen molar-refractivity contribution in [1.82, 2.24) is 9.88 Å². The van der Waals surface area contributed by atoms with Gasteiger partial charge < -0.3 is 9.84 Å². The van der Waals surface area contributed by atoms with Crippen LogP contribution in [0.4, 0.5) is 0 Å². The first-order chi connectivity index (χ1) is 8.70. The number of aromatic nitrogens is 1. The number of fused-ring (bicyclic) bond motifs is 1. The topological polar surface area (TPSA) is 79.7 Å². The molecule has 0 aromatic carbocycles. The summed E-state index contributed by atoms with van der Waals surface area (Å²) in [4.78, 5) is 29.1. The lowest BCUT2D eigenvalue weighted by Crippen LogP contribution is -2.42. The van der Waals surface area contributed by atoms with Gasteiger partial charge in [0, 0.05) is 26.1 Å². The number of rotatable bonds is 5. The van der Waals surface area contributed by atoms with E-state index in [1.54, 1.807) is 0 Å². The van der Waals surface area contributed by atoms with Crippen molar-refractivity contribution >= 4 is 11.8 Å². The molecule has 2 amide bonds. The molecule has 1 aliphatic rings. The van der Waals surface area contributed by atoms with Crippen LogP contribution in [0.25, 0.3) is 0 Å². The minimum Gasteiger partial charge on any atom is -0.394 e. The number of imide groups is 1. The summed E-state index contributed by atoms with van der Waals surface area (Å²) in [5, 5.41) is 9.31. The molecule has 2 rings (SSSR count). The standard InChI is InChI=1S/C12H14N2O4/c1-18-5-3-8(7-15)14-11(16)9-2-4-13-6-10(9)12(14)17/h2,4,6,8,15H,3,5,7H2,1H3. The summed E-state index contributed by atoms with van der Waals surface area (Å²) >= 11 is 0. The molecule has 1 atom stereocenters. The highest BCUT2D eigenvalue weighted by molar-refractivity contribution is 6.21. The van der Waals surface area contributed by atoms with Crippen molar-refractivity contribution < 1.29 is 19.4 Å². The van der Waals surface area contributed by atoms with Crippen LogP contribution < -0.4 is 0 Å². The number of aliphatic hydroxyl groups is 1. The molecule has 0 saturated carbocycles. The van der Waals surface area contributed by atoms with Gasteiger partial charge in [-0.05, 0) is 12.5 Å². The largest absolute Gasteiger partial charge is 0.394 e. The minimum absolute atomic E-state index is 0.276. The molecule has 1 aromatic heterocycles. The Morgan fingerprint density at radius 2 is 2.11 bits per heavy atom. The first kappa shape index (κ1) is 12.7. The van der Waals surface area contributed by atoms with Crippen molar-refractivity contribution in [1.29, 1.82) is 0 Å². The molecule has 6 nitrogen and oxygen atoms in total. The van der Waals surface area contributed by atoms with E-state index in [9.17, 15) is 14.7 Å². The SMILES string of the molecule is COCCC(CO)N1C(=O)c2ccncc2C1=O. The molecular formula is C12H14N2O4. The second-order valence-electron chi connectivity index (χ2n) is 4.02. The Bertz CT molecular complexity index is 440. The second kappa shape index (κ2) is 5.24. The Kier molecular flexibility index (Phi) is 3.69. The maximum atomic E-state index is 12.1. The molecule has 0 spiro atoms. The Morgan fingerprint density at radius 3 is 2.72 bits per heavy atom. The lowest BCUT2D eigenvalue weighted by molar-refractivity contribution is 0.0464. The van der Waals surface area contributed by atoms with Crippen molar-refractivity contribution in [2.75, 3.05) is 20.3 Å². The Labute approximate surface area is 104 Å². The van der Waals surface area contributed by atoms with Crippen LogP contribution in [0, 0.1) is 0 Å². The molecule has 1 aromatic rings. The van der Waals surface area contributed by atoms with Crippen molar-refractivity contribution in [3.8, 4) is 0 Å². The fourth-order valence-electron chi connectivity index (χ4n) is 1.99. The first-order valence-electron chi connectivity index (χ1n) is 5.62. The number of hydrogen-bond acceptors (Lipinski definition) is 5. The van der Waals surface area contributed by atoms with Gasteiger partial charge in [0.2, 0.25) is 0 Å². The third-order valence-corrected chi connectivity index (χ3v) is 2.95. The van der Waals surface area contributed by atoms with Crippen molar-refractivity contribution in [2.45, 2.75) is 12.5 Å². The summed E-state index contributed by atoms with van der Waals surface area (Å²) in [6.07, 6.45) is 3.25. The summed E-state index contributed by atoms with van der Waals surface area (Å²) in [6.45, 7) is 0.0964. The van der Waals surface area contributed by atoms with Gasteiger partial charge in [-0.25, -0.2) is 0 Å². The Morgan fingerprint density at radius 1 is 1.39 bits per heavy atom. The van der Waals surface area contributed by atoms with Crippen LogP contribution >= 0.6 is 0 Å². The third kappa shape index (κ3) is 2.00. The van der Waals surface area contributed by atoms with E-state index >= 15 is 0 Å². The summed E-state index contributed by atoms with van der Waals surface area (Å²) in [7, 11) is 1.53. The van der Waals surface area contributed by atoms with Gasteiger partial charge in [-0.15, -0.1) is 0 Å². The average Bonchev–Trinajstić information content (AvgIpc) is 2.65. The van der Waals surface area contributed by atoms with Gasteiger partial charge in [0.1, 0.15) is 0 Å². The van der Waals surface area contributed by atoms with E-state index in [1.807, 2.05) is 0 Å². The van der Waals surface area contributed by atoms with E-state index < -0.39 is 11.9 Å². The molecule has 0 radical (unpaired) electrons. The Balaban J connectivity index is 2.26. The van der Waals surface area contributed by atoms with Crippen LogP contribution in [-0.4, -0.2) is 53.2 Å². The van der Waals surface area contributed by atoms with Gasteiger partial charge in [0.05, 0.1) is 23.8 Å². The van der Waals surface area contributed by atoms with Crippen LogP contribution in [-0.2, 0) is 4.74 Å². The maximum absolute atomic E-state index is 12.1. The zero-order valence-corrected chi connectivity index (χ0v) is 10.00. The van der Waals surface area contributed by atoms with Crippen molar-refractivity contribution in [2.24, 2.45) is 0 Å². The number of carbonyl (C=O) groups excluding carboxylic acids is 2. The molecular weight excluding hydrogens is 236 g/mol. The average molecular weight is 250 g/mol. The highest BCUT2D eigenvalue weighted by Gasteiger charge is 2.39. The number of carbonyl (C=O) groups is 2. The number of pyridine rings is 1. The minimum atomic E-state index is -0.558. The monoisotopic (exact) mass is 250 g/mol. The van der Waals surface area contributed by atoms with E-state index in [-0.39, 0.29) is 12.5 Å². The first-order valence-corrected chi connectivity index (χ1v) is 5.62. The van der Waals surface area contributed by atoms with Crippen LogP contribution in [0.1, 0.15) is 27.1 Å². The molecule has 0 aliphatic carbocycles. The number of methoxy groups -OCH3 is 1. The quantitative estimate of drug-likeness (QED) is 0.748. The van der Waals surface area contributed by atoms with Crippen molar-refractivity contribution in [3.05, 3.63) is 29.6 Å². The fourth-order valence-corrected chi connectivity index (χ4v) is 1.99. The van der Waals surface area contributed by atoms with Gasteiger partial charge in [-0.1, -0.05) is 0 Å². The molecule has 2 heterocycles. The number of nitrogens with zero attached hydrogens (tertiary/aromatic N) is 2. The summed E-state index contributed by atoms with van der Waals surface area (Å²) in [5.74, 6) is -0.786. The Hall–Kier alpha value is -1.79. The summed E-state index contributed by atoms with van der Waals surface area (Å²) in [6, 6.07) is 0.956. The second-order valence-corrected chi connectivity index (χ2v) is 4.02. The molecule has 0 fully saturated rings. The van der Waals surface area contributed by atoms with Gasteiger partial charge >= 0.3 is 0 Å². The smallest absolute Gasteiger partial charge is 0.263 e. The number of amides is 2. The molecule has 1 unspecified atom stereocenters. The summed E-state index contributed by atoms with van der Waals surface area (Å²) < 4.78 is 4.91. The highest BCUT2D eigenvalue weighted by Crippen LogP contribution is 2.24. The summed E-state index contributed by atoms with van der Waals surface area (Å²) in [5.41, 5.74) is 0.629. The van der Waals surface area contributed by atoms with Crippen LogP contribution in [0.5, 0.6) is 0 Å². The molecule has 1 aliphatic heterocycles. The zero-order chi connectivity index (χ0) is 13.1. The van der Waals surface area contributed by atoms with E-state index in [4.69, 9.17) is 4.74 Å². The number of hydrogen-bond donors (Lipinski definition) is 1. The fraction of sp³-hybridized carbons (Fsp3) is 0.417. The van der Waals surface area contributed by atoms with Crippen LogP contribution in [0.2, 0.25) is 0 Å². The van der Waals surface area contributed by atoms with Gasteiger partial charge in [-0.2, -0.15) is 0 Å². The van der Waals surface area contributed by atoms with Crippen molar-refractivity contribution in [3.63, 3.8) is 0 Å². The molecule has 96 valence electrons. The van der Waals surface area contributed by atoms with E-state index in [0.717, 1.165) is 4.90 Å². The lowest BCUT2D eigenvalue weighted by atomic mass is 10.2. The predicted molar refractivity (Wildman–Crippen MR) is 62.1 cm³/mol. The van der Waals surface area contributed by atoms with Crippen LogP contribution in [0.15, 0.2) is 18.5 Å². The van der Waals surface area contributed by atoms with E-state index in [1.165, 1.54) is 25.6 Å². The zero-order valence-electron chi connectivity index (χ0n) is 10.00. The van der Waals surface area contributed by atoms with E-state index in [0.29, 0.717) is 24.2 Å². The van der Waals surface area contributed by atoms with Gasteiger partial charge in [-0.3, -0.25) is 19.5 Å². The lowest BCUT2D eigenvalue weighted by Gasteiger charge is -2.23. The van der Waals surface area contributed by atoms with Gasteiger partial charge in [0.15, 0.2) is 0 Å². The van der Waals surface area contributed by atoms with Gasteiger partial charge in [0.25, 0.3) is 11.8 Å². The third-order valence-electron chi connectivity index (χ3n) is 2.95. The molecule has 1 N–H and O–H groups in total. The number of ether oxygens (including phenoxy) is 1.